The molecular formula is C23H26ClNO5. The Labute approximate surface area is 180 Å². The molecular weight excluding hydrogens is 406 g/mol. The highest BCUT2D eigenvalue weighted by molar-refractivity contribution is 6.32. The first kappa shape index (κ1) is 20.9. The van der Waals surface area contributed by atoms with E-state index in [0.717, 1.165) is 55.3 Å². The number of hydrogen-bond acceptors (Lipinski definition) is 4. The first-order chi connectivity index (χ1) is 14.5. The summed E-state index contributed by atoms with van der Waals surface area (Å²) in [6.07, 6.45) is 7.61. The number of hydrogen-bond donors (Lipinski definition) is 1. The van der Waals surface area contributed by atoms with Gasteiger partial charge in [0.25, 0.3) is 0 Å². The third kappa shape index (κ3) is 3.86. The lowest BCUT2D eigenvalue weighted by molar-refractivity contribution is 0.0694. The zero-order valence-electron chi connectivity index (χ0n) is 17.0. The molecule has 2 heterocycles. The summed E-state index contributed by atoms with van der Waals surface area (Å²) in [7, 11) is 1.66. The Morgan fingerprint density at radius 3 is 2.77 bits per heavy atom. The fraction of sp³-hybridized carbons (Fsp3) is 0.478. The average molecular weight is 432 g/mol. The van der Waals surface area contributed by atoms with Crippen LogP contribution in [0.3, 0.4) is 0 Å². The molecule has 2 aromatic rings. The second-order valence-corrected chi connectivity index (χ2v) is 8.43. The maximum absolute atomic E-state index is 12.5. The van der Waals surface area contributed by atoms with Crippen LogP contribution < -0.4 is 10.2 Å². The number of carboxylic acid groups (broad SMARTS) is 1. The molecule has 2 aliphatic rings. The van der Waals surface area contributed by atoms with Crippen molar-refractivity contribution in [2.24, 2.45) is 0 Å². The Morgan fingerprint density at radius 2 is 2.00 bits per heavy atom. The van der Waals surface area contributed by atoms with Crippen LogP contribution in [0.2, 0.25) is 5.02 Å². The number of ether oxygens (including phenoxy) is 2. The second kappa shape index (κ2) is 8.82. The van der Waals surface area contributed by atoms with Gasteiger partial charge in [-0.2, -0.15) is 0 Å². The van der Waals surface area contributed by atoms with E-state index in [-0.39, 0.29) is 17.5 Å². The molecule has 2 atom stereocenters. The van der Waals surface area contributed by atoms with E-state index >= 15 is 0 Å². The molecule has 1 N–H and O–H groups in total. The van der Waals surface area contributed by atoms with Crippen molar-refractivity contribution in [3.8, 4) is 17.0 Å². The van der Waals surface area contributed by atoms with Crippen molar-refractivity contribution >= 4 is 17.6 Å². The number of carbonyl (C=O) groups is 1. The minimum Gasteiger partial charge on any atom is -0.492 e. The summed E-state index contributed by atoms with van der Waals surface area (Å²) in [5.41, 5.74) is 2.09. The van der Waals surface area contributed by atoms with Gasteiger partial charge in [-0.15, -0.1) is 0 Å². The van der Waals surface area contributed by atoms with E-state index in [1.165, 1.54) is 12.3 Å². The first-order valence-electron chi connectivity index (χ1n) is 10.5. The molecule has 0 bridgehead atoms. The lowest BCUT2D eigenvalue weighted by Crippen LogP contribution is -2.28. The molecule has 4 rings (SSSR count). The zero-order chi connectivity index (χ0) is 21.3. The van der Waals surface area contributed by atoms with Gasteiger partial charge in [0.05, 0.1) is 17.3 Å². The zero-order valence-corrected chi connectivity index (χ0v) is 17.8. The van der Waals surface area contributed by atoms with Crippen molar-refractivity contribution in [3.05, 3.63) is 50.8 Å². The molecule has 7 heteroatoms. The second-order valence-electron chi connectivity index (χ2n) is 8.03. The lowest BCUT2D eigenvalue weighted by Gasteiger charge is -2.37. The summed E-state index contributed by atoms with van der Waals surface area (Å²) >= 11 is 6.53. The highest BCUT2D eigenvalue weighted by Gasteiger charge is 2.35. The summed E-state index contributed by atoms with van der Waals surface area (Å²) in [6, 6.07) is 5.44. The van der Waals surface area contributed by atoms with E-state index in [1.807, 2.05) is 16.7 Å². The molecule has 160 valence electrons. The fourth-order valence-electron chi connectivity index (χ4n) is 4.78. The van der Waals surface area contributed by atoms with Gasteiger partial charge in [0.1, 0.15) is 11.3 Å². The topological polar surface area (TPSA) is 77.8 Å². The molecule has 1 aromatic heterocycles. The van der Waals surface area contributed by atoms with Gasteiger partial charge in [-0.3, -0.25) is 4.79 Å². The van der Waals surface area contributed by atoms with E-state index in [9.17, 15) is 14.7 Å². The van der Waals surface area contributed by atoms with Crippen LogP contribution in [0.1, 0.15) is 66.4 Å². The fourth-order valence-corrected chi connectivity index (χ4v) is 5.00. The minimum absolute atomic E-state index is 0.121. The van der Waals surface area contributed by atoms with Gasteiger partial charge < -0.3 is 19.1 Å². The maximum atomic E-state index is 12.5. The van der Waals surface area contributed by atoms with Crippen LogP contribution in [-0.4, -0.2) is 36.0 Å². The Morgan fingerprint density at radius 1 is 1.20 bits per heavy atom. The standard InChI is InChI=1S/C23H26ClNO5/c1-29-8-5-9-30-22-11-15-14-6-3-2-4-7-19(14)25-13-17(23(27)28)21(26)12-20(25)16(15)10-18(22)24/h10-14,19H,2-9H2,1H3,(H,27,28). The number of benzene rings is 1. The minimum atomic E-state index is -1.19. The number of nitrogens with zero attached hydrogens (tertiary/aromatic N) is 1. The number of pyridine rings is 1. The number of fused-ring (bicyclic) bond motifs is 6. The molecule has 0 spiro atoms. The molecule has 0 saturated heterocycles. The predicted octanol–water partition coefficient (Wildman–Crippen LogP) is 4.88. The highest BCUT2D eigenvalue weighted by atomic mass is 35.5. The summed E-state index contributed by atoms with van der Waals surface area (Å²) in [5, 5.41) is 9.94. The highest BCUT2D eigenvalue weighted by Crippen LogP contribution is 2.50. The van der Waals surface area contributed by atoms with E-state index in [1.54, 1.807) is 7.11 Å². The van der Waals surface area contributed by atoms with Crippen LogP contribution in [0.5, 0.6) is 5.75 Å². The van der Waals surface area contributed by atoms with Crippen molar-refractivity contribution in [2.45, 2.75) is 50.5 Å². The van der Waals surface area contributed by atoms with Crippen LogP contribution in [0.15, 0.2) is 29.2 Å². The van der Waals surface area contributed by atoms with Gasteiger partial charge in [0.2, 0.25) is 0 Å². The van der Waals surface area contributed by atoms with Crippen molar-refractivity contribution in [2.75, 3.05) is 20.3 Å². The largest absolute Gasteiger partial charge is 0.492 e. The summed E-state index contributed by atoms with van der Waals surface area (Å²) in [5.74, 6) is -0.311. The van der Waals surface area contributed by atoms with Gasteiger partial charge in [0.15, 0.2) is 5.43 Å². The molecule has 1 aliphatic heterocycles. The Balaban J connectivity index is 1.83. The Bertz CT molecular complexity index is 1020. The molecule has 1 aromatic carbocycles. The van der Waals surface area contributed by atoms with E-state index < -0.39 is 11.4 Å². The Kier molecular flexibility index (Phi) is 6.16. The molecule has 1 fully saturated rings. The monoisotopic (exact) mass is 431 g/mol. The number of rotatable bonds is 6. The number of methoxy groups -OCH3 is 1. The molecule has 6 nitrogen and oxygen atoms in total. The first-order valence-corrected chi connectivity index (χ1v) is 10.8. The number of halogens is 1. The van der Waals surface area contributed by atoms with Crippen molar-refractivity contribution in [3.63, 3.8) is 0 Å². The predicted molar refractivity (Wildman–Crippen MR) is 115 cm³/mol. The number of carboxylic acids is 1. The normalized spacial score (nSPS) is 19.9. The lowest BCUT2D eigenvalue weighted by atomic mass is 9.80. The van der Waals surface area contributed by atoms with Crippen LogP contribution in [0, 0.1) is 0 Å². The van der Waals surface area contributed by atoms with Crippen molar-refractivity contribution in [1.29, 1.82) is 0 Å². The van der Waals surface area contributed by atoms with E-state index in [2.05, 4.69) is 0 Å². The summed E-state index contributed by atoms with van der Waals surface area (Å²) in [6.45, 7) is 1.13. The summed E-state index contributed by atoms with van der Waals surface area (Å²) in [4.78, 5) is 24.0. The van der Waals surface area contributed by atoms with Gasteiger partial charge >= 0.3 is 5.97 Å². The van der Waals surface area contributed by atoms with Crippen LogP contribution >= 0.6 is 11.6 Å². The van der Waals surface area contributed by atoms with Crippen molar-refractivity contribution < 1.29 is 19.4 Å². The van der Waals surface area contributed by atoms with E-state index in [0.29, 0.717) is 24.0 Å². The van der Waals surface area contributed by atoms with Gasteiger partial charge in [-0.1, -0.05) is 30.9 Å². The van der Waals surface area contributed by atoms with Gasteiger partial charge in [-0.05, 0) is 30.5 Å². The average Bonchev–Trinajstić information content (AvgIpc) is 2.97. The molecule has 0 amide bonds. The molecule has 1 aliphatic carbocycles. The third-order valence-electron chi connectivity index (χ3n) is 6.18. The van der Waals surface area contributed by atoms with Gasteiger partial charge in [0, 0.05) is 49.9 Å². The maximum Gasteiger partial charge on any atom is 0.341 e. The number of aromatic carboxylic acids is 1. The smallest absolute Gasteiger partial charge is 0.341 e. The molecule has 0 radical (unpaired) electrons. The molecule has 2 unspecified atom stereocenters. The number of aromatic nitrogens is 1. The van der Waals surface area contributed by atoms with E-state index in [4.69, 9.17) is 21.1 Å². The quantitative estimate of drug-likeness (QED) is 0.659. The molecule has 30 heavy (non-hydrogen) atoms. The van der Waals surface area contributed by atoms with Crippen molar-refractivity contribution in [1.82, 2.24) is 4.57 Å². The SMILES string of the molecule is COCCCOc1cc2c(cc1Cl)-c1cc(=O)c(C(=O)O)cn1C1CCCCCC21. The third-order valence-corrected chi connectivity index (χ3v) is 6.47. The molecule has 1 saturated carbocycles. The summed E-state index contributed by atoms with van der Waals surface area (Å²) < 4.78 is 13.0. The van der Waals surface area contributed by atoms with Gasteiger partial charge in [-0.25, -0.2) is 4.79 Å². The Hall–Kier alpha value is -2.31. The van der Waals surface area contributed by atoms with Crippen LogP contribution in [0.25, 0.3) is 11.3 Å². The van der Waals surface area contributed by atoms with Crippen LogP contribution in [-0.2, 0) is 4.74 Å². The van der Waals surface area contributed by atoms with Crippen LogP contribution in [0.4, 0.5) is 0 Å².